The number of hydrogen-bond donors (Lipinski definition) is 1. The molecule has 0 saturated carbocycles. The van der Waals surface area contributed by atoms with Crippen LogP contribution in [0.25, 0.3) is 0 Å². The number of carbonyl (C=O) groups is 1. The van der Waals surface area contributed by atoms with Crippen LogP contribution in [-0.2, 0) is 17.8 Å². The van der Waals surface area contributed by atoms with E-state index >= 15 is 0 Å². The van der Waals surface area contributed by atoms with E-state index in [-0.39, 0.29) is 24.4 Å². The SMILES string of the molecule is CC1CC(CN)CN1C(=O)Cc1cccc(OCc2ccccc2Cl)c1.Cl. The van der Waals surface area contributed by atoms with Gasteiger partial charge in [-0.15, -0.1) is 12.4 Å². The largest absolute Gasteiger partial charge is 0.489 e. The predicted octanol–water partition coefficient (Wildman–Crippen LogP) is 4.08. The van der Waals surface area contributed by atoms with Gasteiger partial charge < -0.3 is 15.4 Å². The summed E-state index contributed by atoms with van der Waals surface area (Å²) in [5.41, 5.74) is 7.65. The van der Waals surface area contributed by atoms with Gasteiger partial charge in [0.2, 0.25) is 5.91 Å². The van der Waals surface area contributed by atoms with Gasteiger partial charge in [0.15, 0.2) is 0 Å². The lowest BCUT2D eigenvalue weighted by molar-refractivity contribution is -0.131. The van der Waals surface area contributed by atoms with Crippen molar-refractivity contribution in [3.05, 3.63) is 64.7 Å². The Bertz CT molecular complexity index is 769. The second kappa shape index (κ2) is 9.98. The quantitative estimate of drug-likeness (QED) is 0.782. The first-order chi connectivity index (χ1) is 12.6. The molecule has 0 radical (unpaired) electrons. The van der Waals surface area contributed by atoms with E-state index in [4.69, 9.17) is 22.1 Å². The maximum absolute atomic E-state index is 12.6. The monoisotopic (exact) mass is 408 g/mol. The van der Waals surface area contributed by atoms with Gasteiger partial charge in [-0.1, -0.05) is 41.9 Å². The van der Waals surface area contributed by atoms with Crippen molar-refractivity contribution in [2.45, 2.75) is 32.4 Å². The van der Waals surface area contributed by atoms with Crippen LogP contribution in [0, 0.1) is 5.92 Å². The normalized spacial score (nSPS) is 18.9. The summed E-state index contributed by atoms with van der Waals surface area (Å²) in [6.07, 6.45) is 1.37. The number of hydrogen-bond acceptors (Lipinski definition) is 3. The lowest BCUT2D eigenvalue weighted by atomic mass is 10.1. The molecular formula is C21H26Cl2N2O2. The van der Waals surface area contributed by atoms with Crippen molar-refractivity contribution in [2.24, 2.45) is 11.7 Å². The molecule has 1 aliphatic heterocycles. The van der Waals surface area contributed by atoms with E-state index in [0.717, 1.165) is 29.8 Å². The molecule has 2 unspecified atom stereocenters. The van der Waals surface area contributed by atoms with Crippen molar-refractivity contribution in [3.63, 3.8) is 0 Å². The maximum Gasteiger partial charge on any atom is 0.227 e. The summed E-state index contributed by atoms with van der Waals surface area (Å²) in [7, 11) is 0. The summed E-state index contributed by atoms with van der Waals surface area (Å²) in [5, 5.41) is 0.691. The fourth-order valence-corrected chi connectivity index (χ4v) is 3.65. The Labute approximate surface area is 172 Å². The lowest BCUT2D eigenvalue weighted by Crippen LogP contribution is -2.35. The molecule has 2 aromatic carbocycles. The van der Waals surface area contributed by atoms with E-state index < -0.39 is 0 Å². The smallest absolute Gasteiger partial charge is 0.227 e. The van der Waals surface area contributed by atoms with Gasteiger partial charge >= 0.3 is 0 Å². The van der Waals surface area contributed by atoms with Crippen molar-refractivity contribution in [2.75, 3.05) is 13.1 Å². The molecule has 146 valence electrons. The number of amides is 1. The first kappa shape index (κ1) is 21.5. The molecule has 2 N–H and O–H groups in total. The van der Waals surface area contributed by atoms with Crippen molar-refractivity contribution in [1.29, 1.82) is 0 Å². The van der Waals surface area contributed by atoms with Gasteiger partial charge in [-0.05, 0) is 49.6 Å². The Morgan fingerprint density at radius 3 is 2.74 bits per heavy atom. The van der Waals surface area contributed by atoms with Crippen LogP contribution < -0.4 is 10.5 Å². The van der Waals surface area contributed by atoms with E-state index in [1.807, 2.05) is 53.4 Å². The van der Waals surface area contributed by atoms with Crippen LogP contribution in [0.3, 0.4) is 0 Å². The molecule has 0 spiro atoms. The van der Waals surface area contributed by atoms with Crippen molar-refractivity contribution < 1.29 is 9.53 Å². The van der Waals surface area contributed by atoms with Gasteiger partial charge in [-0.2, -0.15) is 0 Å². The van der Waals surface area contributed by atoms with Gasteiger partial charge in [0.25, 0.3) is 0 Å². The number of rotatable bonds is 6. The molecule has 0 aliphatic carbocycles. The molecule has 1 amide bonds. The highest BCUT2D eigenvalue weighted by Crippen LogP contribution is 2.24. The molecule has 0 bridgehead atoms. The summed E-state index contributed by atoms with van der Waals surface area (Å²) < 4.78 is 5.85. The van der Waals surface area contributed by atoms with E-state index in [9.17, 15) is 4.79 Å². The number of benzene rings is 2. The number of likely N-dealkylation sites (tertiary alicyclic amines) is 1. The van der Waals surface area contributed by atoms with Crippen molar-refractivity contribution in [1.82, 2.24) is 4.90 Å². The third-order valence-corrected chi connectivity index (χ3v) is 5.29. The van der Waals surface area contributed by atoms with Gasteiger partial charge in [-0.3, -0.25) is 4.79 Å². The third-order valence-electron chi connectivity index (χ3n) is 4.92. The zero-order valence-electron chi connectivity index (χ0n) is 15.4. The number of halogens is 2. The highest BCUT2D eigenvalue weighted by atomic mass is 35.5. The standard InChI is InChI=1S/C21H25ClN2O2.ClH/c1-15-9-17(12-23)13-24(15)21(25)11-16-5-4-7-19(10-16)26-14-18-6-2-3-8-20(18)22;/h2-8,10,15,17H,9,11-14,23H2,1H3;1H. The zero-order valence-corrected chi connectivity index (χ0v) is 17.0. The van der Waals surface area contributed by atoms with E-state index in [1.54, 1.807) is 0 Å². The highest BCUT2D eigenvalue weighted by Gasteiger charge is 2.31. The lowest BCUT2D eigenvalue weighted by Gasteiger charge is -2.21. The molecule has 27 heavy (non-hydrogen) atoms. The van der Waals surface area contributed by atoms with Gasteiger partial charge in [-0.25, -0.2) is 0 Å². The van der Waals surface area contributed by atoms with Crippen LogP contribution in [0.4, 0.5) is 0 Å². The Hall–Kier alpha value is -1.75. The zero-order chi connectivity index (χ0) is 18.5. The molecule has 6 heteroatoms. The Balaban J connectivity index is 0.00000261. The molecule has 1 fully saturated rings. The maximum atomic E-state index is 12.6. The Kier molecular flexibility index (Phi) is 7.96. The van der Waals surface area contributed by atoms with Crippen molar-refractivity contribution >= 4 is 29.9 Å². The molecule has 3 rings (SSSR count). The van der Waals surface area contributed by atoms with E-state index in [0.29, 0.717) is 30.5 Å². The summed E-state index contributed by atoms with van der Waals surface area (Å²) >= 11 is 6.16. The van der Waals surface area contributed by atoms with Crippen molar-refractivity contribution in [3.8, 4) is 5.75 Å². The van der Waals surface area contributed by atoms with Crippen LogP contribution in [0.5, 0.6) is 5.75 Å². The molecule has 2 aromatic rings. The predicted molar refractivity (Wildman–Crippen MR) is 112 cm³/mol. The second-order valence-corrected chi connectivity index (χ2v) is 7.34. The number of nitrogens with zero attached hydrogens (tertiary/aromatic N) is 1. The van der Waals surface area contributed by atoms with Crippen LogP contribution in [0.15, 0.2) is 48.5 Å². The average molecular weight is 409 g/mol. The highest BCUT2D eigenvalue weighted by molar-refractivity contribution is 6.31. The van der Waals surface area contributed by atoms with Gasteiger partial charge in [0, 0.05) is 23.2 Å². The average Bonchev–Trinajstić information content (AvgIpc) is 3.02. The van der Waals surface area contributed by atoms with E-state index in [2.05, 4.69) is 6.92 Å². The molecule has 0 aromatic heterocycles. The van der Waals surface area contributed by atoms with Crippen LogP contribution in [0.2, 0.25) is 5.02 Å². The first-order valence-corrected chi connectivity index (χ1v) is 9.39. The first-order valence-electron chi connectivity index (χ1n) is 9.01. The minimum atomic E-state index is 0. The second-order valence-electron chi connectivity index (χ2n) is 6.94. The minimum absolute atomic E-state index is 0. The summed E-state index contributed by atoms with van der Waals surface area (Å²) in [5.74, 6) is 1.31. The molecule has 1 aliphatic rings. The fourth-order valence-electron chi connectivity index (χ4n) is 3.46. The summed E-state index contributed by atoms with van der Waals surface area (Å²) in [4.78, 5) is 14.6. The van der Waals surface area contributed by atoms with Gasteiger partial charge in [0.05, 0.1) is 6.42 Å². The third kappa shape index (κ3) is 5.61. The fraction of sp³-hybridized carbons (Fsp3) is 0.381. The summed E-state index contributed by atoms with van der Waals surface area (Å²) in [6, 6.07) is 15.6. The molecular weight excluding hydrogens is 383 g/mol. The molecule has 2 atom stereocenters. The van der Waals surface area contributed by atoms with Gasteiger partial charge in [0.1, 0.15) is 12.4 Å². The Morgan fingerprint density at radius 1 is 1.26 bits per heavy atom. The molecule has 4 nitrogen and oxygen atoms in total. The topological polar surface area (TPSA) is 55.6 Å². The minimum Gasteiger partial charge on any atom is -0.489 e. The number of nitrogens with two attached hydrogens (primary N) is 1. The van der Waals surface area contributed by atoms with Crippen LogP contribution in [0.1, 0.15) is 24.5 Å². The van der Waals surface area contributed by atoms with Crippen LogP contribution in [-0.4, -0.2) is 29.9 Å². The Morgan fingerprint density at radius 2 is 2.04 bits per heavy atom. The van der Waals surface area contributed by atoms with Crippen LogP contribution >= 0.6 is 24.0 Å². The number of carbonyl (C=O) groups excluding carboxylic acids is 1. The summed E-state index contributed by atoms with van der Waals surface area (Å²) in [6.45, 7) is 3.90. The number of ether oxygens (including phenoxy) is 1. The molecule has 1 heterocycles. The molecule has 1 saturated heterocycles. The van der Waals surface area contributed by atoms with E-state index in [1.165, 1.54) is 0 Å².